The van der Waals surface area contributed by atoms with Crippen LogP contribution >= 0.6 is 0 Å². The Kier molecular flexibility index (Phi) is 3.14. The number of carbonyl (C=O) groups is 2. The molecule has 1 aromatic rings. The van der Waals surface area contributed by atoms with Gasteiger partial charge < -0.3 is 0 Å². The van der Waals surface area contributed by atoms with Gasteiger partial charge in [-0.3, -0.25) is 14.9 Å². The summed E-state index contributed by atoms with van der Waals surface area (Å²) in [5.74, 6) is -1.93. The van der Waals surface area contributed by atoms with E-state index in [1.165, 1.54) is 0 Å². The van der Waals surface area contributed by atoms with Crippen molar-refractivity contribution in [2.75, 3.05) is 13.1 Å². The second kappa shape index (κ2) is 4.46. The van der Waals surface area contributed by atoms with Crippen LogP contribution in [0.25, 0.3) is 0 Å². The van der Waals surface area contributed by atoms with Crippen molar-refractivity contribution in [3.63, 3.8) is 0 Å². The second-order valence-corrected chi connectivity index (χ2v) is 5.64. The summed E-state index contributed by atoms with van der Waals surface area (Å²) < 4.78 is 37.6. The summed E-state index contributed by atoms with van der Waals surface area (Å²) in [5.41, 5.74) is 0. The number of benzene rings is 1. The average molecular weight is 272 g/mol. The summed E-state index contributed by atoms with van der Waals surface area (Å²) in [6, 6.07) is 4.17. The number of nitrogens with one attached hydrogen (secondary N) is 1. The van der Waals surface area contributed by atoms with Gasteiger partial charge in [-0.1, -0.05) is 0 Å². The van der Waals surface area contributed by atoms with Crippen molar-refractivity contribution in [2.24, 2.45) is 0 Å². The molecule has 0 bridgehead atoms. The lowest BCUT2D eigenvalue weighted by Gasteiger charge is -2.24. The normalized spacial score (nSPS) is 17.6. The largest absolute Gasteiger partial charge is 0.294 e. The standard InChI is InChI=1S/C10H9FN2O4S/c11-7-1-3-8(4-2-7)18(16,17)13-5-9(14)12-10(15)6-13/h1-4H,5-6H2,(H,12,14,15). The van der Waals surface area contributed by atoms with Crippen molar-refractivity contribution in [1.82, 2.24) is 9.62 Å². The Morgan fingerprint density at radius 2 is 1.56 bits per heavy atom. The Morgan fingerprint density at radius 1 is 1.06 bits per heavy atom. The van der Waals surface area contributed by atoms with Crippen molar-refractivity contribution in [3.8, 4) is 0 Å². The van der Waals surface area contributed by atoms with Crippen LogP contribution in [0.2, 0.25) is 0 Å². The zero-order chi connectivity index (χ0) is 13.3. The predicted molar refractivity (Wildman–Crippen MR) is 58.3 cm³/mol. The third-order valence-corrected chi connectivity index (χ3v) is 4.18. The van der Waals surface area contributed by atoms with Gasteiger partial charge >= 0.3 is 0 Å². The molecule has 0 aromatic heterocycles. The Balaban J connectivity index is 2.33. The highest BCUT2D eigenvalue weighted by Gasteiger charge is 2.32. The van der Waals surface area contributed by atoms with Gasteiger partial charge in [0.1, 0.15) is 5.82 Å². The molecular formula is C10H9FN2O4S. The van der Waals surface area contributed by atoms with Crippen molar-refractivity contribution >= 4 is 21.8 Å². The minimum Gasteiger partial charge on any atom is -0.294 e. The third kappa shape index (κ3) is 2.39. The third-order valence-electron chi connectivity index (χ3n) is 2.37. The van der Waals surface area contributed by atoms with Crippen molar-refractivity contribution in [1.29, 1.82) is 0 Å². The van der Waals surface area contributed by atoms with Gasteiger partial charge in [0, 0.05) is 0 Å². The molecule has 0 aliphatic carbocycles. The summed E-state index contributed by atoms with van der Waals surface area (Å²) in [7, 11) is -3.96. The van der Waals surface area contributed by atoms with E-state index >= 15 is 0 Å². The highest BCUT2D eigenvalue weighted by atomic mass is 32.2. The van der Waals surface area contributed by atoms with Crippen molar-refractivity contribution in [2.45, 2.75) is 4.90 Å². The van der Waals surface area contributed by atoms with E-state index in [0.29, 0.717) is 0 Å². The number of amides is 2. The molecular weight excluding hydrogens is 263 g/mol. The molecule has 6 nitrogen and oxygen atoms in total. The van der Waals surface area contributed by atoms with E-state index < -0.39 is 40.7 Å². The van der Waals surface area contributed by atoms with Crippen LogP contribution in [-0.4, -0.2) is 37.6 Å². The smallest absolute Gasteiger partial charge is 0.244 e. The number of hydrogen-bond donors (Lipinski definition) is 1. The summed E-state index contributed by atoms with van der Waals surface area (Å²) in [6.45, 7) is -0.850. The average Bonchev–Trinajstić information content (AvgIpc) is 2.28. The van der Waals surface area contributed by atoms with Crippen LogP contribution in [0.15, 0.2) is 29.2 Å². The van der Waals surface area contributed by atoms with Crippen molar-refractivity contribution in [3.05, 3.63) is 30.1 Å². The Morgan fingerprint density at radius 3 is 2.06 bits per heavy atom. The SMILES string of the molecule is O=C1CN(S(=O)(=O)c2ccc(F)cc2)CC(=O)N1. The number of rotatable bonds is 2. The summed E-state index contributed by atoms with van der Waals surface area (Å²) >= 11 is 0. The number of hydrogen-bond acceptors (Lipinski definition) is 4. The molecule has 2 rings (SSSR count). The summed E-state index contributed by atoms with van der Waals surface area (Å²) in [4.78, 5) is 22.1. The number of sulfonamides is 1. The van der Waals surface area contributed by atoms with E-state index in [1.54, 1.807) is 0 Å². The topological polar surface area (TPSA) is 83.6 Å². The molecule has 1 aliphatic heterocycles. The van der Waals surface area contributed by atoms with Crippen LogP contribution in [0.5, 0.6) is 0 Å². The van der Waals surface area contributed by atoms with E-state index in [4.69, 9.17) is 0 Å². The molecule has 1 N–H and O–H groups in total. The quantitative estimate of drug-likeness (QED) is 0.734. The molecule has 1 saturated heterocycles. The highest BCUT2D eigenvalue weighted by Crippen LogP contribution is 2.16. The van der Waals surface area contributed by atoms with Gasteiger partial charge in [-0.05, 0) is 24.3 Å². The lowest BCUT2D eigenvalue weighted by molar-refractivity contribution is -0.134. The van der Waals surface area contributed by atoms with Crippen LogP contribution < -0.4 is 5.32 Å². The predicted octanol–water partition coefficient (Wildman–Crippen LogP) is -0.527. The Bertz CT molecular complexity index is 581. The fourth-order valence-electron chi connectivity index (χ4n) is 1.54. The fraction of sp³-hybridized carbons (Fsp3) is 0.200. The molecule has 0 radical (unpaired) electrons. The van der Waals surface area contributed by atoms with Crippen LogP contribution in [0, 0.1) is 5.82 Å². The molecule has 1 heterocycles. The van der Waals surface area contributed by atoms with Crippen LogP contribution in [0.3, 0.4) is 0 Å². The van der Waals surface area contributed by atoms with Gasteiger partial charge in [0.05, 0.1) is 18.0 Å². The number of piperazine rings is 1. The van der Waals surface area contributed by atoms with Crippen LogP contribution in [0.1, 0.15) is 0 Å². The highest BCUT2D eigenvalue weighted by molar-refractivity contribution is 7.89. The molecule has 1 fully saturated rings. The Labute approximate surface area is 102 Å². The minimum absolute atomic E-state index is 0.161. The lowest BCUT2D eigenvalue weighted by atomic mass is 10.4. The second-order valence-electron chi connectivity index (χ2n) is 3.70. The zero-order valence-electron chi connectivity index (χ0n) is 9.09. The van der Waals surface area contributed by atoms with Crippen LogP contribution in [0.4, 0.5) is 4.39 Å². The first-order chi connectivity index (χ1) is 8.39. The van der Waals surface area contributed by atoms with E-state index in [2.05, 4.69) is 0 Å². The monoisotopic (exact) mass is 272 g/mol. The maximum absolute atomic E-state index is 12.7. The molecule has 0 atom stereocenters. The molecule has 0 spiro atoms. The maximum atomic E-state index is 12.7. The first kappa shape index (κ1) is 12.7. The zero-order valence-corrected chi connectivity index (χ0v) is 9.91. The molecule has 1 aromatic carbocycles. The van der Waals surface area contributed by atoms with Crippen molar-refractivity contribution < 1.29 is 22.4 Å². The van der Waals surface area contributed by atoms with E-state index in [9.17, 15) is 22.4 Å². The van der Waals surface area contributed by atoms with Gasteiger partial charge in [0.2, 0.25) is 21.8 Å². The maximum Gasteiger partial charge on any atom is 0.244 e. The number of halogens is 1. The number of imide groups is 1. The van der Waals surface area contributed by atoms with E-state index in [-0.39, 0.29) is 4.90 Å². The van der Waals surface area contributed by atoms with E-state index in [1.807, 2.05) is 5.32 Å². The molecule has 18 heavy (non-hydrogen) atoms. The first-order valence-electron chi connectivity index (χ1n) is 4.98. The molecule has 96 valence electrons. The lowest BCUT2D eigenvalue weighted by Crippen LogP contribution is -2.53. The minimum atomic E-state index is -3.96. The fourth-order valence-corrected chi connectivity index (χ4v) is 2.89. The molecule has 0 saturated carbocycles. The summed E-state index contributed by atoms with van der Waals surface area (Å²) in [6.07, 6.45) is 0. The Hall–Kier alpha value is -1.80. The van der Waals surface area contributed by atoms with Gasteiger partial charge in [0.15, 0.2) is 0 Å². The number of carbonyl (C=O) groups excluding carboxylic acids is 2. The van der Waals surface area contributed by atoms with Crippen LogP contribution in [-0.2, 0) is 19.6 Å². The number of nitrogens with zero attached hydrogens (tertiary/aromatic N) is 1. The molecule has 8 heteroatoms. The van der Waals surface area contributed by atoms with Gasteiger partial charge in [-0.25, -0.2) is 12.8 Å². The molecule has 0 unspecified atom stereocenters. The summed E-state index contributed by atoms with van der Waals surface area (Å²) in [5, 5.41) is 2.00. The van der Waals surface area contributed by atoms with Gasteiger partial charge in [-0.2, -0.15) is 4.31 Å². The molecule has 1 aliphatic rings. The van der Waals surface area contributed by atoms with E-state index in [0.717, 1.165) is 28.6 Å². The molecule has 2 amide bonds. The van der Waals surface area contributed by atoms with Gasteiger partial charge in [0.25, 0.3) is 0 Å². The van der Waals surface area contributed by atoms with Gasteiger partial charge in [-0.15, -0.1) is 0 Å². The first-order valence-corrected chi connectivity index (χ1v) is 6.42.